The Morgan fingerprint density at radius 2 is 1.71 bits per heavy atom. The molecule has 0 spiro atoms. The van der Waals surface area contributed by atoms with Crippen LogP contribution < -0.4 is 10.1 Å². The second-order valence-corrected chi connectivity index (χ2v) is 9.19. The van der Waals surface area contributed by atoms with Crippen molar-refractivity contribution >= 4 is 28.5 Å². The average molecular weight is 490 g/mol. The number of carbonyl (C=O) groups excluding carboxylic acids is 1. The van der Waals surface area contributed by atoms with Crippen LogP contribution in [0.2, 0.25) is 5.02 Å². The number of halogens is 1. The molecule has 0 aliphatic carbocycles. The molecule has 1 amide bonds. The van der Waals surface area contributed by atoms with Gasteiger partial charge in [0.25, 0.3) is 5.91 Å². The third-order valence-electron chi connectivity index (χ3n) is 6.02. The van der Waals surface area contributed by atoms with E-state index in [1.165, 1.54) is 11.1 Å². The number of para-hydroxylation sites is 2. The number of hydrogen-bond acceptors (Lipinski definition) is 3. The first-order chi connectivity index (χ1) is 17.1. The zero-order valence-electron chi connectivity index (χ0n) is 20.2. The van der Waals surface area contributed by atoms with Crippen LogP contribution in [0.25, 0.3) is 11.0 Å². The summed E-state index contributed by atoms with van der Waals surface area (Å²) in [6.45, 7) is 4.28. The highest BCUT2D eigenvalue weighted by Gasteiger charge is 2.10. The van der Waals surface area contributed by atoms with Crippen LogP contribution >= 0.6 is 11.6 Å². The van der Waals surface area contributed by atoms with E-state index in [0.29, 0.717) is 23.7 Å². The van der Waals surface area contributed by atoms with Crippen LogP contribution in [0.5, 0.6) is 5.75 Å². The normalized spacial score (nSPS) is 11.0. The molecule has 0 bridgehead atoms. The Kier molecular flexibility index (Phi) is 8.79. The van der Waals surface area contributed by atoms with Gasteiger partial charge in [-0.1, -0.05) is 47.9 Å². The maximum absolute atomic E-state index is 12.2. The summed E-state index contributed by atoms with van der Waals surface area (Å²) in [4.78, 5) is 17.1. The fraction of sp³-hybridized carbons (Fsp3) is 0.310. The number of nitrogens with one attached hydrogen (secondary N) is 1. The molecule has 4 rings (SSSR count). The van der Waals surface area contributed by atoms with E-state index >= 15 is 0 Å². The van der Waals surface area contributed by atoms with Crippen molar-refractivity contribution in [2.24, 2.45) is 0 Å². The third kappa shape index (κ3) is 7.09. The van der Waals surface area contributed by atoms with E-state index in [1.54, 1.807) is 24.3 Å². The van der Waals surface area contributed by atoms with E-state index in [-0.39, 0.29) is 5.91 Å². The molecule has 4 aromatic rings. The highest BCUT2D eigenvalue weighted by Crippen LogP contribution is 2.19. The predicted molar refractivity (Wildman–Crippen MR) is 142 cm³/mol. The third-order valence-corrected chi connectivity index (χ3v) is 6.27. The summed E-state index contributed by atoms with van der Waals surface area (Å²) in [6, 6.07) is 23.4. The summed E-state index contributed by atoms with van der Waals surface area (Å²) in [5.41, 5.74) is 4.08. The van der Waals surface area contributed by atoms with Crippen LogP contribution in [-0.2, 0) is 13.0 Å². The van der Waals surface area contributed by atoms with Crippen molar-refractivity contribution in [3.05, 3.63) is 94.8 Å². The van der Waals surface area contributed by atoms with E-state index in [9.17, 15) is 4.79 Å². The number of aryl methyl sites for hydroxylation is 3. The van der Waals surface area contributed by atoms with Crippen LogP contribution in [0.4, 0.5) is 0 Å². The number of ether oxygens (including phenoxy) is 1. The molecule has 3 aromatic carbocycles. The Balaban J connectivity index is 1.23. The lowest BCUT2D eigenvalue weighted by Crippen LogP contribution is -2.24. The molecular formula is C29H32ClN3O2. The van der Waals surface area contributed by atoms with E-state index in [1.807, 2.05) is 18.2 Å². The van der Waals surface area contributed by atoms with Gasteiger partial charge in [-0.25, -0.2) is 4.98 Å². The molecule has 0 aliphatic heterocycles. The van der Waals surface area contributed by atoms with Crippen LogP contribution in [0, 0.1) is 6.92 Å². The van der Waals surface area contributed by atoms with Crippen molar-refractivity contribution in [1.29, 1.82) is 0 Å². The van der Waals surface area contributed by atoms with E-state index in [4.69, 9.17) is 21.3 Å². The molecule has 182 valence electrons. The zero-order chi connectivity index (χ0) is 24.5. The predicted octanol–water partition coefficient (Wildman–Crippen LogP) is 6.61. The van der Waals surface area contributed by atoms with Gasteiger partial charge in [-0.15, -0.1) is 0 Å². The number of unbranched alkanes of at least 4 members (excludes halogenated alkanes) is 2. The first-order valence-corrected chi connectivity index (χ1v) is 12.7. The lowest BCUT2D eigenvalue weighted by atomic mass is 10.1. The zero-order valence-corrected chi connectivity index (χ0v) is 20.9. The molecule has 5 nitrogen and oxygen atoms in total. The van der Waals surface area contributed by atoms with Crippen LogP contribution in [0.3, 0.4) is 0 Å². The highest BCUT2D eigenvalue weighted by atomic mass is 35.5. The largest absolute Gasteiger partial charge is 0.494 e. The van der Waals surface area contributed by atoms with Crippen molar-refractivity contribution in [1.82, 2.24) is 14.9 Å². The second kappa shape index (κ2) is 12.4. The van der Waals surface area contributed by atoms with Gasteiger partial charge in [0, 0.05) is 30.1 Å². The summed E-state index contributed by atoms with van der Waals surface area (Å²) in [7, 11) is 0. The number of aromatic nitrogens is 2. The van der Waals surface area contributed by atoms with Gasteiger partial charge >= 0.3 is 0 Å². The number of amides is 1. The van der Waals surface area contributed by atoms with Crippen LogP contribution in [0.15, 0.2) is 72.8 Å². The first-order valence-electron chi connectivity index (χ1n) is 12.3. The minimum absolute atomic E-state index is 0.0590. The number of rotatable bonds is 12. The van der Waals surface area contributed by atoms with Gasteiger partial charge in [0.05, 0.1) is 17.6 Å². The van der Waals surface area contributed by atoms with Crippen LogP contribution in [0.1, 0.15) is 47.4 Å². The topological polar surface area (TPSA) is 56.1 Å². The molecule has 1 heterocycles. The Morgan fingerprint density at radius 1 is 0.943 bits per heavy atom. The van der Waals surface area contributed by atoms with Crippen molar-refractivity contribution < 1.29 is 9.53 Å². The number of benzene rings is 3. The van der Waals surface area contributed by atoms with Crippen molar-refractivity contribution in [3.8, 4) is 5.75 Å². The highest BCUT2D eigenvalue weighted by molar-refractivity contribution is 6.30. The van der Waals surface area contributed by atoms with Gasteiger partial charge in [0.15, 0.2) is 0 Å². The summed E-state index contributed by atoms with van der Waals surface area (Å²) in [5.74, 6) is 1.97. The fourth-order valence-corrected chi connectivity index (χ4v) is 4.23. The van der Waals surface area contributed by atoms with Crippen molar-refractivity contribution in [2.75, 3.05) is 13.2 Å². The molecule has 0 aliphatic rings. The maximum Gasteiger partial charge on any atom is 0.251 e. The standard InChI is InChI=1S/C29H32ClN3O2/c1-22-11-17-25(18-12-22)35-21-7-20-33-27-9-5-4-8-26(27)32-28(33)10-3-2-6-19-31-29(34)23-13-15-24(30)16-14-23/h4-5,8-9,11-18H,2-3,6-7,10,19-21H2,1H3,(H,31,34). The van der Waals surface area contributed by atoms with Crippen molar-refractivity contribution in [2.45, 2.75) is 45.6 Å². The lowest BCUT2D eigenvalue weighted by molar-refractivity contribution is 0.0953. The Morgan fingerprint density at radius 3 is 2.51 bits per heavy atom. The molecule has 1 N–H and O–H groups in total. The maximum atomic E-state index is 12.2. The average Bonchev–Trinajstić information content (AvgIpc) is 3.22. The molecule has 0 radical (unpaired) electrons. The van der Waals surface area contributed by atoms with Gasteiger partial charge in [-0.3, -0.25) is 4.79 Å². The molecule has 0 saturated heterocycles. The van der Waals surface area contributed by atoms with E-state index in [0.717, 1.165) is 55.7 Å². The fourth-order valence-electron chi connectivity index (χ4n) is 4.10. The molecule has 0 atom stereocenters. The van der Waals surface area contributed by atoms with Crippen molar-refractivity contribution in [3.63, 3.8) is 0 Å². The minimum Gasteiger partial charge on any atom is -0.494 e. The smallest absolute Gasteiger partial charge is 0.251 e. The second-order valence-electron chi connectivity index (χ2n) is 8.76. The van der Waals surface area contributed by atoms with E-state index in [2.05, 4.69) is 47.1 Å². The molecule has 35 heavy (non-hydrogen) atoms. The first kappa shape index (κ1) is 24.8. The summed E-state index contributed by atoms with van der Waals surface area (Å²) >= 11 is 5.89. The Labute approximate surface area is 212 Å². The number of nitrogens with zero attached hydrogens (tertiary/aromatic N) is 2. The number of hydrogen-bond donors (Lipinski definition) is 1. The molecular weight excluding hydrogens is 458 g/mol. The monoisotopic (exact) mass is 489 g/mol. The Bertz CT molecular complexity index is 1230. The van der Waals surface area contributed by atoms with Gasteiger partial charge in [0.1, 0.15) is 11.6 Å². The van der Waals surface area contributed by atoms with Gasteiger partial charge < -0.3 is 14.6 Å². The number of imidazole rings is 1. The lowest BCUT2D eigenvalue weighted by Gasteiger charge is -2.11. The van der Waals surface area contributed by atoms with Gasteiger partial charge in [0.2, 0.25) is 0 Å². The quantitative estimate of drug-likeness (QED) is 0.228. The summed E-state index contributed by atoms with van der Waals surface area (Å²) in [6.07, 6.45) is 4.82. The summed E-state index contributed by atoms with van der Waals surface area (Å²) < 4.78 is 8.25. The SMILES string of the molecule is Cc1ccc(OCCCn2c(CCCCCNC(=O)c3ccc(Cl)cc3)nc3ccccc32)cc1. The molecule has 0 saturated carbocycles. The molecule has 0 fully saturated rings. The van der Waals surface area contributed by atoms with Gasteiger partial charge in [-0.2, -0.15) is 0 Å². The molecule has 6 heteroatoms. The van der Waals surface area contributed by atoms with Crippen LogP contribution in [-0.4, -0.2) is 28.6 Å². The minimum atomic E-state index is -0.0590. The van der Waals surface area contributed by atoms with Gasteiger partial charge in [-0.05, 0) is 74.7 Å². The van der Waals surface area contributed by atoms with E-state index < -0.39 is 0 Å². The Hall–Kier alpha value is -3.31. The number of carbonyl (C=O) groups is 1. The number of fused-ring (bicyclic) bond motifs is 1. The molecule has 1 aromatic heterocycles. The summed E-state index contributed by atoms with van der Waals surface area (Å²) in [5, 5.41) is 3.61. The molecule has 0 unspecified atom stereocenters.